The first-order valence-electron chi connectivity index (χ1n) is 9.75. The summed E-state index contributed by atoms with van der Waals surface area (Å²) in [5.74, 6) is -1.47. The molecule has 6 rings (SSSR count). The van der Waals surface area contributed by atoms with E-state index in [-0.39, 0.29) is 22.9 Å². The fourth-order valence-corrected chi connectivity index (χ4v) is 5.63. The fraction of sp³-hybridized carbons (Fsp3) is 0.364. The van der Waals surface area contributed by atoms with Gasteiger partial charge >= 0.3 is 0 Å². The average Bonchev–Trinajstić information content (AvgIpc) is 3.16. The first kappa shape index (κ1) is 18.8. The van der Waals surface area contributed by atoms with Gasteiger partial charge in [0, 0.05) is 11.6 Å². The van der Waals surface area contributed by atoms with Crippen LogP contribution in [0.3, 0.4) is 0 Å². The summed E-state index contributed by atoms with van der Waals surface area (Å²) in [6.45, 7) is -0.0197. The van der Waals surface area contributed by atoms with E-state index in [1.807, 2.05) is 24.3 Å². The molecule has 2 aromatic carbocycles. The maximum absolute atomic E-state index is 14.6. The largest absolute Gasteiger partial charge is 0.383 e. The third-order valence-corrected chi connectivity index (χ3v) is 6.68. The Bertz CT molecular complexity index is 1120. The number of hydrogen-bond donors (Lipinski definition) is 1. The molecule has 3 fully saturated rings. The van der Waals surface area contributed by atoms with Gasteiger partial charge in [-0.3, -0.25) is 0 Å². The molecule has 3 aliphatic rings. The Morgan fingerprint density at radius 2 is 1.87 bits per heavy atom. The Hall–Kier alpha value is -3.18. The smallest absolute Gasteiger partial charge is 0.138 e. The van der Waals surface area contributed by atoms with Gasteiger partial charge < -0.3 is 5.11 Å². The van der Waals surface area contributed by atoms with E-state index >= 15 is 0 Å². The van der Waals surface area contributed by atoms with Crippen molar-refractivity contribution >= 4 is 0 Å². The molecule has 0 spiro atoms. The number of nitrogens with zero attached hydrogens (tertiary/aromatic N) is 5. The zero-order valence-electron chi connectivity index (χ0n) is 16.1. The first-order valence-corrected chi connectivity index (χ1v) is 9.75. The molecule has 2 bridgehead atoms. The van der Waals surface area contributed by atoms with Crippen LogP contribution in [0.15, 0.2) is 48.8 Å². The van der Waals surface area contributed by atoms with Crippen molar-refractivity contribution in [2.24, 2.45) is 5.41 Å². The highest BCUT2D eigenvalue weighted by Crippen LogP contribution is 2.76. The van der Waals surface area contributed by atoms with Gasteiger partial charge in [-0.25, -0.2) is 13.5 Å². The molecule has 0 radical (unpaired) electrons. The van der Waals surface area contributed by atoms with Crippen molar-refractivity contribution in [1.82, 2.24) is 20.2 Å². The van der Waals surface area contributed by atoms with Crippen LogP contribution in [-0.4, -0.2) is 25.3 Å². The number of aliphatic hydroxyl groups is 1. The summed E-state index contributed by atoms with van der Waals surface area (Å²) in [6.07, 6.45) is 4.35. The lowest BCUT2D eigenvalue weighted by Gasteiger charge is -2.72. The second-order valence-corrected chi connectivity index (χ2v) is 8.84. The third kappa shape index (κ3) is 2.89. The zero-order chi connectivity index (χ0) is 21.0. The third-order valence-electron chi connectivity index (χ3n) is 6.68. The maximum Gasteiger partial charge on any atom is 0.138 e. The predicted octanol–water partition coefficient (Wildman–Crippen LogP) is 3.22. The molecule has 1 N–H and O–H groups in total. The van der Waals surface area contributed by atoms with E-state index in [0.29, 0.717) is 12.0 Å². The Morgan fingerprint density at radius 1 is 1.13 bits per heavy atom. The zero-order valence-corrected chi connectivity index (χ0v) is 16.1. The summed E-state index contributed by atoms with van der Waals surface area (Å²) in [4.78, 5) is 0. The van der Waals surface area contributed by atoms with Crippen LogP contribution in [0.5, 0.6) is 0 Å². The summed E-state index contributed by atoms with van der Waals surface area (Å²) in [5.41, 5.74) is 0.256. The number of benzene rings is 2. The average molecular weight is 407 g/mol. The van der Waals surface area contributed by atoms with E-state index in [9.17, 15) is 13.9 Å². The molecule has 1 heterocycles. The van der Waals surface area contributed by atoms with Crippen molar-refractivity contribution in [3.05, 3.63) is 77.1 Å². The lowest BCUT2D eigenvalue weighted by Crippen LogP contribution is -2.66. The van der Waals surface area contributed by atoms with Gasteiger partial charge in [0.1, 0.15) is 23.6 Å². The molecular formula is C22H19F2N5O. The molecule has 0 amide bonds. The van der Waals surface area contributed by atoms with E-state index < -0.39 is 17.2 Å². The molecule has 30 heavy (non-hydrogen) atoms. The molecule has 1 aromatic heterocycles. The number of halogens is 2. The second kappa shape index (κ2) is 6.41. The van der Waals surface area contributed by atoms with Gasteiger partial charge in [0.15, 0.2) is 0 Å². The van der Waals surface area contributed by atoms with E-state index in [4.69, 9.17) is 5.26 Å². The molecule has 6 nitrogen and oxygen atoms in total. The van der Waals surface area contributed by atoms with E-state index in [2.05, 4.69) is 21.6 Å². The standard InChI is InChI=1S/C22H19F2N5O/c23-17-5-6-18(19(24)7-17)22(30,13-29-14-26-27-28-29)12-20-9-21(10-20,11-20)16-3-1-15(8-25)2-4-16/h1-7,14,30H,9-13H2. The van der Waals surface area contributed by atoms with Gasteiger partial charge in [0.25, 0.3) is 0 Å². The molecule has 0 saturated heterocycles. The highest BCUT2D eigenvalue weighted by atomic mass is 19.1. The number of tetrazole rings is 1. The molecule has 3 aromatic rings. The second-order valence-electron chi connectivity index (χ2n) is 8.84. The van der Waals surface area contributed by atoms with Crippen LogP contribution in [0.2, 0.25) is 0 Å². The first-order chi connectivity index (χ1) is 14.4. The van der Waals surface area contributed by atoms with Gasteiger partial charge in [-0.2, -0.15) is 5.26 Å². The molecule has 0 aliphatic heterocycles. The van der Waals surface area contributed by atoms with Crippen molar-refractivity contribution in [3.63, 3.8) is 0 Å². The van der Waals surface area contributed by atoms with Gasteiger partial charge in [-0.1, -0.05) is 18.2 Å². The summed E-state index contributed by atoms with van der Waals surface area (Å²) < 4.78 is 29.4. The highest BCUT2D eigenvalue weighted by molar-refractivity contribution is 5.42. The molecule has 3 saturated carbocycles. The van der Waals surface area contributed by atoms with Gasteiger partial charge in [0.2, 0.25) is 0 Å². The van der Waals surface area contributed by atoms with Gasteiger partial charge in [0.05, 0.1) is 18.2 Å². The predicted molar refractivity (Wildman–Crippen MR) is 102 cm³/mol. The molecule has 1 atom stereocenters. The summed E-state index contributed by atoms with van der Waals surface area (Å²) in [6, 6.07) is 13.0. The molecule has 1 unspecified atom stereocenters. The number of hydrogen-bond acceptors (Lipinski definition) is 5. The summed E-state index contributed by atoms with van der Waals surface area (Å²) >= 11 is 0. The van der Waals surface area contributed by atoms with Crippen molar-refractivity contribution in [2.45, 2.75) is 43.2 Å². The van der Waals surface area contributed by atoms with Crippen LogP contribution in [0.1, 0.15) is 42.4 Å². The van der Waals surface area contributed by atoms with E-state index in [1.165, 1.54) is 22.6 Å². The topological polar surface area (TPSA) is 87.6 Å². The molecular weight excluding hydrogens is 388 g/mol. The van der Waals surface area contributed by atoms with Crippen LogP contribution < -0.4 is 0 Å². The van der Waals surface area contributed by atoms with Crippen molar-refractivity contribution in [1.29, 1.82) is 5.26 Å². The van der Waals surface area contributed by atoms with E-state index in [1.54, 1.807) is 0 Å². The number of nitriles is 1. The van der Waals surface area contributed by atoms with Crippen molar-refractivity contribution in [3.8, 4) is 6.07 Å². The van der Waals surface area contributed by atoms with E-state index in [0.717, 1.165) is 31.4 Å². The monoisotopic (exact) mass is 407 g/mol. The van der Waals surface area contributed by atoms with Crippen molar-refractivity contribution < 1.29 is 13.9 Å². The minimum absolute atomic E-state index is 0.0197. The number of rotatable bonds is 6. The quantitative estimate of drug-likeness (QED) is 0.678. The Morgan fingerprint density at radius 3 is 2.47 bits per heavy atom. The normalized spacial score (nSPS) is 26.2. The highest BCUT2D eigenvalue weighted by Gasteiger charge is 2.69. The van der Waals surface area contributed by atoms with Crippen LogP contribution in [0, 0.1) is 28.4 Å². The fourth-order valence-electron chi connectivity index (χ4n) is 5.63. The summed E-state index contributed by atoms with van der Waals surface area (Å²) in [5, 5.41) is 31.5. The Kier molecular flexibility index (Phi) is 4.02. The van der Waals surface area contributed by atoms with Gasteiger partial charge in [-0.05, 0) is 70.7 Å². The summed E-state index contributed by atoms with van der Waals surface area (Å²) in [7, 11) is 0. The van der Waals surface area contributed by atoms with Gasteiger partial charge in [-0.15, -0.1) is 5.10 Å². The molecule has 152 valence electrons. The molecule has 3 aliphatic carbocycles. The Balaban J connectivity index is 1.40. The van der Waals surface area contributed by atoms with Crippen LogP contribution >= 0.6 is 0 Å². The van der Waals surface area contributed by atoms with Crippen LogP contribution in [0.4, 0.5) is 8.78 Å². The number of aromatic nitrogens is 4. The maximum atomic E-state index is 14.6. The van der Waals surface area contributed by atoms with Crippen LogP contribution in [-0.2, 0) is 17.6 Å². The molecule has 8 heteroatoms. The lowest BCUT2D eigenvalue weighted by atomic mass is 9.32. The lowest BCUT2D eigenvalue weighted by molar-refractivity contribution is -0.188. The Labute approximate surface area is 171 Å². The van der Waals surface area contributed by atoms with Crippen LogP contribution in [0.25, 0.3) is 0 Å². The SMILES string of the molecule is N#Cc1ccc(C23CC(CC(O)(Cn4cnnn4)c4ccc(F)cc4F)(C2)C3)cc1. The minimum Gasteiger partial charge on any atom is -0.383 e. The minimum atomic E-state index is -1.57. The van der Waals surface area contributed by atoms with Crippen molar-refractivity contribution in [2.75, 3.05) is 0 Å².